The van der Waals surface area contributed by atoms with Crippen LogP contribution < -0.4 is 25.2 Å². The van der Waals surface area contributed by atoms with E-state index in [1.165, 1.54) is 12.1 Å². The van der Waals surface area contributed by atoms with Crippen LogP contribution in [-0.2, 0) is 22.6 Å². The minimum Gasteiger partial charge on any atom is -0.508 e. The molecule has 6 aliphatic heterocycles. The van der Waals surface area contributed by atoms with E-state index in [0.717, 1.165) is 115 Å². The highest BCUT2D eigenvalue weighted by atomic mass is 19.1. The predicted octanol–water partition coefficient (Wildman–Crippen LogP) is 6.18. The molecule has 2 unspecified atom stereocenters. The molecule has 12 rings (SSSR count). The molecule has 8 heterocycles. The Hall–Kier alpha value is -6.04. The number of hydrogen-bond acceptors (Lipinski definition) is 13. The van der Waals surface area contributed by atoms with Gasteiger partial charge in [0.2, 0.25) is 11.8 Å². The van der Waals surface area contributed by atoms with E-state index in [-0.39, 0.29) is 57.9 Å². The molecule has 15 nitrogen and oxygen atoms in total. The second-order valence-electron chi connectivity index (χ2n) is 21.9. The van der Waals surface area contributed by atoms with Crippen molar-refractivity contribution in [3.8, 4) is 23.0 Å². The van der Waals surface area contributed by atoms with Crippen molar-refractivity contribution in [1.29, 1.82) is 0 Å². The SMILES string of the molecule is CCc1c(F)ccc2cc(O)cc(-c3ncc4c(N5CC6CCC(C5)N6)nc(OCC5(CN6CCC(C)(CN7CCN(c8ccc9c(c8)CN([C@H]8CCC(=O)NC8=O)C9=O)CC7)CC6)CC5)nc4c3F)c12. The number of aromatic hydroxyl groups is 1. The summed E-state index contributed by atoms with van der Waals surface area (Å²) in [6.45, 7) is 14.3. The molecule has 5 saturated heterocycles. The van der Waals surface area contributed by atoms with E-state index in [1.54, 1.807) is 23.2 Å². The highest BCUT2D eigenvalue weighted by molar-refractivity contribution is 6.06. The van der Waals surface area contributed by atoms with Crippen molar-refractivity contribution < 1.29 is 33.0 Å². The van der Waals surface area contributed by atoms with Crippen LogP contribution in [0.5, 0.6) is 11.8 Å². The monoisotopic (exact) mass is 968 g/mol. The number of aromatic nitrogens is 3. The number of phenols is 1. The number of anilines is 2. The van der Waals surface area contributed by atoms with Crippen LogP contribution in [0, 0.1) is 22.5 Å². The van der Waals surface area contributed by atoms with Crippen LogP contribution in [0.15, 0.2) is 48.7 Å². The number of likely N-dealkylation sites (tertiary alicyclic amines) is 1. The zero-order valence-corrected chi connectivity index (χ0v) is 40.6. The van der Waals surface area contributed by atoms with Crippen molar-refractivity contribution in [2.75, 3.05) is 81.9 Å². The number of phenolic OH excluding ortho intramolecular Hbond substituents is 1. The average molecular weight is 969 g/mol. The molecule has 5 aromatic rings. The molecule has 0 radical (unpaired) electrons. The minimum atomic E-state index is -0.661. The largest absolute Gasteiger partial charge is 0.508 e. The van der Waals surface area contributed by atoms with E-state index in [0.29, 0.717) is 76.7 Å². The molecular formula is C54H62F2N10O5. The molecular weight excluding hydrogens is 907 g/mol. The molecule has 1 aliphatic carbocycles. The number of hydrogen-bond donors (Lipinski definition) is 3. The summed E-state index contributed by atoms with van der Waals surface area (Å²) >= 11 is 0. The Morgan fingerprint density at radius 1 is 0.845 bits per heavy atom. The molecule has 2 aromatic heterocycles. The molecule has 7 aliphatic rings. The first-order valence-electron chi connectivity index (χ1n) is 25.7. The van der Waals surface area contributed by atoms with E-state index >= 15 is 8.78 Å². The topological polar surface area (TPSA) is 160 Å². The predicted molar refractivity (Wildman–Crippen MR) is 265 cm³/mol. The Morgan fingerprint density at radius 3 is 2.34 bits per heavy atom. The highest BCUT2D eigenvalue weighted by Crippen LogP contribution is 2.48. The minimum absolute atomic E-state index is 0.00915. The Morgan fingerprint density at radius 2 is 1.61 bits per heavy atom. The summed E-state index contributed by atoms with van der Waals surface area (Å²) in [4.78, 5) is 63.3. The number of aryl methyl sites for hydroxylation is 1. The molecule has 372 valence electrons. The van der Waals surface area contributed by atoms with Crippen molar-refractivity contribution >= 4 is 50.9 Å². The van der Waals surface area contributed by atoms with Gasteiger partial charge < -0.3 is 34.8 Å². The van der Waals surface area contributed by atoms with Gasteiger partial charge in [0.05, 0.1) is 12.0 Å². The van der Waals surface area contributed by atoms with E-state index in [2.05, 4.69) is 48.2 Å². The lowest BCUT2D eigenvalue weighted by Gasteiger charge is -2.45. The lowest BCUT2D eigenvalue weighted by Crippen LogP contribution is -2.52. The number of carbonyl (C=O) groups excluding carboxylic acids is 3. The van der Waals surface area contributed by atoms with Gasteiger partial charge >= 0.3 is 6.01 Å². The summed E-state index contributed by atoms with van der Waals surface area (Å²) in [5.41, 5.74) is 3.66. The van der Waals surface area contributed by atoms with Crippen LogP contribution in [0.4, 0.5) is 20.3 Å². The van der Waals surface area contributed by atoms with Crippen LogP contribution in [-0.4, -0.2) is 143 Å². The van der Waals surface area contributed by atoms with Gasteiger partial charge in [-0.15, -0.1) is 0 Å². The van der Waals surface area contributed by atoms with Crippen molar-refractivity contribution in [2.45, 2.75) is 96.3 Å². The number of piperidine rings is 2. The van der Waals surface area contributed by atoms with Crippen LogP contribution in [0.1, 0.15) is 86.7 Å². The van der Waals surface area contributed by atoms with Crippen molar-refractivity contribution in [3.63, 3.8) is 0 Å². The van der Waals surface area contributed by atoms with Crippen molar-refractivity contribution in [1.82, 2.24) is 40.3 Å². The van der Waals surface area contributed by atoms with E-state index in [4.69, 9.17) is 14.7 Å². The fourth-order valence-electron chi connectivity index (χ4n) is 12.6. The van der Waals surface area contributed by atoms with E-state index in [9.17, 15) is 19.5 Å². The third-order valence-electron chi connectivity index (χ3n) is 16.9. The summed E-state index contributed by atoms with van der Waals surface area (Å²) in [6, 6.07) is 12.2. The van der Waals surface area contributed by atoms with Crippen molar-refractivity contribution in [2.24, 2.45) is 10.8 Å². The molecule has 3 N–H and O–H groups in total. The van der Waals surface area contributed by atoms with Gasteiger partial charge in [-0.3, -0.25) is 29.6 Å². The number of pyridine rings is 1. The zero-order valence-electron chi connectivity index (χ0n) is 40.6. The first kappa shape index (κ1) is 46.1. The number of ether oxygens (including phenoxy) is 1. The zero-order chi connectivity index (χ0) is 48.8. The highest BCUT2D eigenvalue weighted by Gasteiger charge is 2.47. The maximum atomic E-state index is 17.2. The second-order valence-corrected chi connectivity index (χ2v) is 21.9. The average Bonchev–Trinajstić information content (AvgIpc) is 3.94. The van der Waals surface area contributed by atoms with Gasteiger partial charge in [0.15, 0.2) is 5.82 Å². The smallest absolute Gasteiger partial charge is 0.319 e. The lowest BCUT2D eigenvalue weighted by atomic mass is 9.79. The Bertz CT molecular complexity index is 2960. The number of nitrogens with zero attached hydrogens (tertiary/aromatic N) is 8. The molecule has 71 heavy (non-hydrogen) atoms. The first-order valence-corrected chi connectivity index (χ1v) is 25.7. The number of benzene rings is 3. The summed E-state index contributed by atoms with van der Waals surface area (Å²) in [6.07, 6.45) is 9.01. The number of imide groups is 1. The molecule has 1 saturated carbocycles. The fourth-order valence-corrected chi connectivity index (χ4v) is 12.6. The lowest BCUT2D eigenvalue weighted by molar-refractivity contribution is -0.136. The standard InChI is InChI=1S/C54H62F2N10O5/c1-3-38-42(55)9-4-32-23-37(67)24-40(45(32)38)47-46(56)48-41(25-57-47)49(65-27-34-5-6-35(28-65)58-34)61-52(60-48)71-31-54(12-13-54)30-62-16-14-53(2,15-17-62)29-63-18-20-64(21-19-63)36-7-8-39-33(22-36)26-66(51(39)70)43-10-11-44(68)59-50(43)69/h4,7-9,22-25,34-35,43,58,67H,3,5-6,10-21,26-31H2,1-2H3,(H,59,68,69)/t34?,35?,43-/m0/s1. The Kier molecular flexibility index (Phi) is 11.6. The van der Waals surface area contributed by atoms with Gasteiger partial charge in [0, 0.05) is 106 Å². The van der Waals surface area contributed by atoms with Crippen LogP contribution in [0.3, 0.4) is 0 Å². The maximum Gasteiger partial charge on any atom is 0.319 e. The van der Waals surface area contributed by atoms with Crippen LogP contribution in [0.2, 0.25) is 0 Å². The van der Waals surface area contributed by atoms with Crippen molar-refractivity contribution in [3.05, 3.63) is 77.0 Å². The second kappa shape index (κ2) is 17.9. The number of fused-ring (bicyclic) bond motifs is 5. The van der Waals surface area contributed by atoms with E-state index in [1.807, 2.05) is 19.1 Å². The first-order chi connectivity index (χ1) is 34.3. The fraction of sp³-hybridized carbons (Fsp3) is 0.519. The number of rotatable bonds is 12. The number of carbonyl (C=O) groups is 3. The number of nitrogens with one attached hydrogen (secondary N) is 2. The van der Waals surface area contributed by atoms with E-state index < -0.39 is 17.8 Å². The molecule has 3 amide bonds. The quantitative estimate of drug-likeness (QED) is 0.122. The van der Waals surface area contributed by atoms with Crippen LogP contribution >= 0.6 is 0 Å². The molecule has 6 fully saturated rings. The van der Waals surface area contributed by atoms with Gasteiger partial charge in [-0.05, 0) is 128 Å². The summed E-state index contributed by atoms with van der Waals surface area (Å²) < 4.78 is 39.0. The van der Waals surface area contributed by atoms with Gasteiger partial charge in [-0.2, -0.15) is 9.97 Å². The van der Waals surface area contributed by atoms with Gasteiger partial charge in [0.1, 0.15) is 34.6 Å². The number of halogens is 2. The maximum absolute atomic E-state index is 17.2. The molecule has 3 atom stereocenters. The van der Waals surface area contributed by atoms with Gasteiger partial charge in [-0.25, -0.2) is 8.78 Å². The molecule has 0 spiro atoms. The summed E-state index contributed by atoms with van der Waals surface area (Å²) in [5.74, 6) is -1.34. The summed E-state index contributed by atoms with van der Waals surface area (Å²) in [7, 11) is 0. The normalized spacial score (nSPS) is 24.3. The molecule has 2 bridgehead atoms. The Labute approximate surface area is 411 Å². The third kappa shape index (κ3) is 8.70. The molecule has 17 heteroatoms. The Balaban J connectivity index is 0.692. The van der Waals surface area contributed by atoms with Gasteiger partial charge in [0.25, 0.3) is 5.91 Å². The van der Waals surface area contributed by atoms with Gasteiger partial charge in [-0.1, -0.05) is 19.9 Å². The summed E-state index contributed by atoms with van der Waals surface area (Å²) in [5, 5.41) is 18.4. The number of piperazine rings is 2. The number of amides is 3. The van der Waals surface area contributed by atoms with Crippen LogP contribution in [0.25, 0.3) is 32.9 Å². The third-order valence-corrected chi connectivity index (χ3v) is 16.9. The molecule has 3 aromatic carbocycles.